The second kappa shape index (κ2) is 4.70. The first kappa shape index (κ1) is 8.97. The third-order valence-corrected chi connectivity index (χ3v) is 1.89. The molecule has 0 aromatic rings. The van der Waals surface area contributed by atoms with Gasteiger partial charge in [-0.2, -0.15) is 0 Å². The lowest BCUT2D eigenvalue weighted by Gasteiger charge is -2.17. The molecule has 0 spiro atoms. The molecule has 1 saturated heterocycles. The van der Waals surface area contributed by atoms with E-state index in [1.807, 2.05) is 6.92 Å². The Morgan fingerprint density at radius 2 is 2.55 bits per heavy atom. The molecule has 1 fully saturated rings. The normalized spacial score (nSPS) is 27.3. The maximum absolute atomic E-state index is 8.81. The minimum Gasteiger partial charge on any atom is -0.394 e. The summed E-state index contributed by atoms with van der Waals surface area (Å²) >= 11 is 0. The van der Waals surface area contributed by atoms with Gasteiger partial charge >= 0.3 is 0 Å². The molecule has 1 N–H and O–H groups in total. The van der Waals surface area contributed by atoms with E-state index in [-0.39, 0.29) is 19.0 Å². The van der Waals surface area contributed by atoms with Crippen molar-refractivity contribution in [3.05, 3.63) is 0 Å². The predicted molar refractivity (Wildman–Crippen MR) is 41.2 cm³/mol. The molecule has 1 aliphatic rings. The van der Waals surface area contributed by atoms with Gasteiger partial charge < -0.3 is 14.6 Å². The largest absolute Gasteiger partial charge is 0.394 e. The average molecular weight is 160 g/mol. The summed E-state index contributed by atoms with van der Waals surface area (Å²) in [5, 5.41) is 8.81. The Hall–Kier alpha value is -0.120. The number of hydrogen-bond acceptors (Lipinski definition) is 3. The van der Waals surface area contributed by atoms with Crippen molar-refractivity contribution in [2.75, 3.05) is 13.2 Å². The second-order valence-electron chi connectivity index (χ2n) is 2.79. The van der Waals surface area contributed by atoms with Gasteiger partial charge in [-0.05, 0) is 12.8 Å². The maximum Gasteiger partial charge on any atom is 0.158 e. The Morgan fingerprint density at radius 1 is 1.73 bits per heavy atom. The highest BCUT2D eigenvalue weighted by Crippen LogP contribution is 2.15. The summed E-state index contributed by atoms with van der Waals surface area (Å²) in [7, 11) is 0. The lowest BCUT2D eigenvalue weighted by atomic mass is 10.3. The smallest absolute Gasteiger partial charge is 0.158 e. The minimum absolute atomic E-state index is 0.0434. The van der Waals surface area contributed by atoms with E-state index in [0.717, 1.165) is 25.9 Å². The van der Waals surface area contributed by atoms with Crippen LogP contribution in [0.2, 0.25) is 0 Å². The van der Waals surface area contributed by atoms with Crippen molar-refractivity contribution in [1.29, 1.82) is 0 Å². The zero-order valence-electron chi connectivity index (χ0n) is 6.95. The molecule has 3 nitrogen and oxygen atoms in total. The quantitative estimate of drug-likeness (QED) is 0.664. The average Bonchev–Trinajstić information content (AvgIpc) is 2.52. The lowest BCUT2D eigenvalue weighted by Crippen LogP contribution is -2.23. The summed E-state index contributed by atoms with van der Waals surface area (Å²) in [5.41, 5.74) is 0. The van der Waals surface area contributed by atoms with Gasteiger partial charge in [0.25, 0.3) is 0 Å². The summed E-state index contributed by atoms with van der Waals surface area (Å²) in [4.78, 5) is 0. The van der Waals surface area contributed by atoms with Crippen molar-refractivity contribution in [3.8, 4) is 0 Å². The molecule has 11 heavy (non-hydrogen) atoms. The molecular weight excluding hydrogens is 144 g/mol. The molecule has 2 unspecified atom stereocenters. The summed E-state index contributed by atoms with van der Waals surface area (Å²) in [6, 6.07) is 0. The number of hydrogen-bond donors (Lipinski definition) is 1. The SMILES string of the molecule is CCC(CO)OC1CCCO1. The van der Waals surface area contributed by atoms with Crippen LogP contribution in [-0.2, 0) is 9.47 Å². The van der Waals surface area contributed by atoms with Crippen LogP contribution in [-0.4, -0.2) is 30.7 Å². The van der Waals surface area contributed by atoms with Crippen LogP contribution in [0.5, 0.6) is 0 Å². The van der Waals surface area contributed by atoms with Gasteiger partial charge in [-0.25, -0.2) is 0 Å². The fourth-order valence-electron chi connectivity index (χ4n) is 1.14. The van der Waals surface area contributed by atoms with Crippen molar-refractivity contribution in [3.63, 3.8) is 0 Å². The highest BCUT2D eigenvalue weighted by molar-refractivity contribution is 4.59. The molecular formula is C8H16O3. The third kappa shape index (κ3) is 2.77. The predicted octanol–water partition coefficient (Wildman–Crippen LogP) is 0.910. The van der Waals surface area contributed by atoms with Gasteiger partial charge in [0.2, 0.25) is 0 Å². The minimum atomic E-state index is -0.0629. The Bertz CT molecular complexity index is 95.5. The van der Waals surface area contributed by atoms with Crippen molar-refractivity contribution >= 4 is 0 Å². The first-order valence-electron chi connectivity index (χ1n) is 4.24. The molecule has 3 heteroatoms. The van der Waals surface area contributed by atoms with Crippen molar-refractivity contribution in [1.82, 2.24) is 0 Å². The molecule has 1 rings (SSSR count). The molecule has 0 radical (unpaired) electrons. The lowest BCUT2D eigenvalue weighted by molar-refractivity contribution is -0.154. The van der Waals surface area contributed by atoms with Gasteiger partial charge in [0.1, 0.15) is 0 Å². The highest BCUT2D eigenvalue weighted by Gasteiger charge is 2.19. The van der Waals surface area contributed by atoms with Crippen molar-refractivity contribution in [2.24, 2.45) is 0 Å². The summed E-state index contributed by atoms with van der Waals surface area (Å²) in [5.74, 6) is 0. The zero-order valence-corrected chi connectivity index (χ0v) is 6.95. The fraction of sp³-hybridized carbons (Fsp3) is 1.00. The molecule has 0 aromatic heterocycles. The summed E-state index contributed by atoms with van der Waals surface area (Å²) < 4.78 is 10.7. The van der Waals surface area contributed by atoms with E-state index in [1.54, 1.807) is 0 Å². The molecule has 66 valence electrons. The van der Waals surface area contributed by atoms with E-state index < -0.39 is 0 Å². The van der Waals surface area contributed by atoms with Crippen LogP contribution >= 0.6 is 0 Å². The van der Waals surface area contributed by atoms with Gasteiger partial charge in [0.15, 0.2) is 6.29 Å². The number of rotatable bonds is 4. The Kier molecular flexibility index (Phi) is 3.83. The number of ether oxygens (including phenoxy) is 2. The molecule has 2 atom stereocenters. The van der Waals surface area contributed by atoms with E-state index in [1.165, 1.54) is 0 Å². The molecule has 0 bridgehead atoms. The van der Waals surface area contributed by atoms with Gasteiger partial charge in [-0.1, -0.05) is 6.92 Å². The second-order valence-corrected chi connectivity index (χ2v) is 2.79. The third-order valence-electron chi connectivity index (χ3n) is 1.89. The van der Waals surface area contributed by atoms with Crippen LogP contribution < -0.4 is 0 Å². The maximum atomic E-state index is 8.81. The van der Waals surface area contributed by atoms with Crippen molar-refractivity contribution < 1.29 is 14.6 Å². The van der Waals surface area contributed by atoms with Crippen LogP contribution in [0.25, 0.3) is 0 Å². The number of aliphatic hydroxyl groups is 1. The van der Waals surface area contributed by atoms with Gasteiger partial charge in [0.05, 0.1) is 12.7 Å². The van der Waals surface area contributed by atoms with E-state index in [9.17, 15) is 0 Å². The Balaban J connectivity index is 2.16. The zero-order chi connectivity index (χ0) is 8.10. The van der Waals surface area contributed by atoms with Crippen LogP contribution in [0.15, 0.2) is 0 Å². The van der Waals surface area contributed by atoms with Crippen molar-refractivity contribution in [2.45, 2.75) is 38.6 Å². The van der Waals surface area contributed by atoms with Gasteiger partial charge in [-0.3, -0.25) is 0 Å². The molecule has 0 saturated carbocycles. The molecule has 0 amide bonds. The topological polar surface area (TPSA) is 38.7 Å². The van der Waals surface area contributed by atoms with Crippen LogP contribution in [0.4, 0.5) is 0 Å². The molecule has 0 aromatic carbocycles. The van der Waals surface area contributed by atoms with Gasteiger partial charge in [0, 0.05) is 13.0 Å². The standard InChI is InChI=1S/C8H16O3/c1-2-7(6-9)11-8-4-3-5-10-8/h7-9H,2-6H2,1H3. The highest BCUT2D eigenvalue weighted by atomic mass is 16.7. The molecule has 1 heterocycles. The number of aliphatic hydroxyl groups excluding tert-OH is 1. The van der Waals surface area contributed by atoms with E-state index in [4.69, 9.17) is 14.6 Å². The van der Waals surface area contributed by atoms with E-state index in [2.05, 4.69) is 0 Å². The summed E-state index contributed by atoms with van der Waals surface area (Å²) in [6.45, 7) is 2.89. The van der Waals surface area contributed by atoms with Crippen LogP contribution in [0, 0.1) is 0 Å². The van der Waals surface area contributed by atoms with E-state index >= 15 is 0 Å². The Labute approximate surface area is 67.3 Å². The first-order valence-corrected chi connectivity index (χ1v) is 4.24. The fourth-order valence-corrected chi connectivity index (χ4v) is 1.14. The summed E-state index contributed by atoms with van der Waals surface area (Å²) in [6.07, 6.45) is 2.78. The Morgan fingerprint density at radius 3 is 3.00 bits per heavy atom. The monoisotopic (exact) mass is 160 g/mol. The van der Waals surface area contributed by atoms with Gasteiger partial charge in [-0.15, -0.1) is 0 Å². The van der Waals surface area contributed by atoms with Crippen LogP contribution in [0.1, 0.15) is 26.2 Å². The van der Waals surface area contributed by atoms with Crippen LogP contribution in [0.3, 0.4) is 0 Å². The van der Waals surface area contributed by atoms with E-state index in [0.29, 0.717) is 0 Å². The molecule has 1 aliphatic heterocycles. The first-order chi connectivity index (χ1) is 5.36. The molecule has 0 aliphatic carbocycles.